The summed E-state index contributed by atoms with van der Waals surface area (Å²) in [5.74, 6) is 1.56. The first-order valence-corrected chi connectivity index (χ1v) is 6.98. The maximum atomic E-state index is 12.4. The summed E-state index contributed by atoms with van der Waals surface area (Å²) in [5.41, 5.74) is 0. The lowest BCUT2D eigenvalue weighted by molar-refractivity contribution is -0.143. The first-order valence-electron chi connectivity index (χ1n) is 6.98. The van der Waals surface area contributed by atoms with Crippen LogP contribution in [0.15, 0.2) is 16.5 Å². The summed E-state index contributed by atoms with van der Waals surface area (Å²) in [6.45, 7) is 2.27. The van der Waals surface area contributed by atoms with Crippen LogP contribution in [0.2, 0.25) is 0 Å². The minimum Gasteiger partial charge on any atom is -0.465 e. The minimum absolute atomic E-state index is 0.0120. The van der Waals surface area contributed by atoms with E-state index in [1.54, 1.807) is 7.11 Å². The van der Waals surface area contributed by atoms with Gasteiger partial charge in [-0.2, -0.15) is 13.2 Å². The molecule has 1 aliphatic rings. The standard InChI is InChI=1S/C14H21F3N2O2/c1-10-3-4-13(21-10)12(8-20-2)18-11-5-6-19(7-11)9-14(15,16)17/h3-4,11-12,18H,5-9H2,1-2H3/t11-,12-/m1/s1. The molecule has 1 aliphatic heterocycles. The Balaban J connectivity index is 1.90. The Hall–Kier alpha value is -1.05. The molecule has 0 amide bonds. The highest BCUT2D eigenvalue weighted by Crippen LogP contribution is 2.22. The number of nitrogens with one attached hydrogen (secondary N) is 1. The Morgan fingerprint density at radius 2 is 2.24 bits per heavy atom. The fourth-order valence-electron chi connectivity index (χ4n) is 2.67. The topological polar surface area (TPSA) is 37.6 Å². The summed E-state index contributed by atoms with van der Waals surface area (Å²) in [7, 11) is 1.59. The zero-order valence-electron chi connectivity index (χ0n) is 12.2. The molecule has 0 aromatic carbocycles. The molecule has 0 spiro atoms. The van der Waals surface area contributed by atoms with Gasteiger partial charge in [0.25, 0.3) is 0 Å². The summed E-state index contributed by atoms with van der Waals surface area (Å²) in [6.07, 6.45) is -3.45. The molecule has 0 aliphatic carbocycles. The number of likely N-dealkylation sites (tertiary alicyclic amines) is 1. The van der Waals surface area contributed by atoms with Gasteiger partial charge in [0.05, 0.1) is 19.2 Å². The Kier molecular flexibility index (Phi) is 5.29. The fraction of sp³-hybridized carbons (Fsp3) is 0.714. The first kappa shape index (κ1) is 16.3. The summed E-state index contributed by atoms with van der Waals surface area (Å²) >= 11 is 0. The smallest absolute Gasteiger partial charge is 0.401 e. The third-order valence-corrected chi connectivity index (χ3v) is 3.55. The molecule has 120 valence electrons. The summed E-state index contributed by atoms with van der Waals surface area (Å²) in [4.78, 5) is 1.43. The zero-order chi connectivity index (χ0) is 15.5. The normalized spacial score (nSPS) is 21.9. The molecule has 0 saturated carbocycles. The van der Waals surface area contributed by atoms with E-state index in [-0.39, 0.29) is 12.1 Å². The molecule has 2 rings (SSSR count). The highest BCUT2D eigenvalue weighted by molar-refractivity contribution is 5.10. The lowest BCUT2D eigenvalue weighted by atomic mass is 10.2. The van der Waals surface area contributed by atoms with Gasteiger partial charge in [-0.3, -0.25) is 4.90 Å². The number of nitrogens with zero attached hydrogens (tertiary/aromatic N) is 1. The van der Waals surface area contributed by atoms with Gasteiger partial charge >= 0.3 is 6.18 Å². The van der Waals surface area contributed by atoms with Crippen molar-refractivity contribution in [3.8, 4) is 0 Å². The molecule has 0 bridgehead atoms. The Morgan fingerprint density at radius 1 is 1.48 bits per heavy atom. The van der Waals surface area contributed by atoms with Gasteiger partial charge in [0.1, 0.15) is 11.5 Å². The molecular weight excluding hydrogens is 285 g/mol. The number of methoxy groups -OCH3 is 1. The van der Waals surface area contributed by atoms with Crippen LogP contribution in [0.3, 0.4) is 0 Å². The molecule has 1 fully saturated rings. The van der Waals surface area contributed by atoms with E-state index in [4.69, 9.17) is 9.15 Å². The number of alkyl halides is 3. The molecule has 2 heterocycles. The van der Waals surface area contributed by atoms with E-state index in [1.165, 1.54) is 4.90 Å². The van der Waals surface area contributed by atoms with Crippen LogP contribution in [-0.4, -0.2) is 50.5 Å². The maximum Gasteiger partial charge on any atom is 0.401 e. The number of rotatable bonds is 6. The van der Waals surface area contributed by atoms with Crippen molar-refractivity contribution in [3.05, 3.63) is 23.7 Å². The van der Waals surface area contributed by atoms with Gasteiger partial charge < -0.3 is 14.5 Å². The highest BCUT2D eigenvalue weighted by atomic mass is 19.4. The SMILES string of the molecule is COC[C@@H](N[C@@H]1CCN(CC(F)(F)F)C1)c1ccc(C)o1. The van der Waals surface area contributed by atoms with Crippen molar-refractivity contribution in [3.63, 3.8) is 0 Å². The number of halogens is 3. The van der Waals surface area contributed by atoms with Crippen molar-refractivity contribution in [2.75, 3.05) is 33.4 Å². The van der Waals surface area contributed by atoms with Gasteiger partial charge in [-0.05, 0) is 25.5 Å². The van der Waals surface area contributed by atoms with Crippen LogP contribution >= 0.6 is 0 Å². The molecule has 2 atom stereocenters. The number of hydrogen-bond donors (Lipinski definition) is 1. The van der Waals surface area contributed by atoms with Crippen molar-refractivity contribution in [2.45, 2.75) is 31.6 Å². The molecule has 4 nitrogen and oxygen atoms in total. The van der Waals surface area contributed by atoms with Gasteiger partial charge in [-0.15, -0.1) is 0 Å². The lowest BCUT2D eigenvalue weighted by Gasteiger charge is -2.22. The monoisotopic (exact) mass is 306 g/mol. The van der Waals surface area contributed by atoms with Gasteiger partial charge in [-0.25, -0.2) is 0 Å². The van der Waals surface area contributed by atoms with E-state index in [2.05, 4.69) is 5.32 Å². The number of ether oxygens (including phenoxy) is 1. The lowest BCUT2D eigenvalue weighted by Crippen LogP contribution is -2.39. The van der Waals surface area contributed by atoms with Crippen LogP contribution in [0.1, 0.15) is 24.0 Å². The zero-order valence-corrected chi connectivity index (χ0v) is 12.2. The molecule has 1 saturated heterocycles. The fourth-order valence-corrected chi connectivity index (χ4v) is 2.67. The van der Waals surface area contributed by atoms with E-state index in [1.807, 2.05) is 19.1 Å². The van der Waals surface area contributed by atoms with Gasteiger partial charge in [0.15, 0.2) is 0 Å². The van der Waals surface area contributed by atoms with Crippen LogP contribution in [-0.2, 0) is 4.74 Å². The molecule has 1 N–H and O–H groups in total. The number of aryl methyl sites for hydroxylation is 1. The predicted octanol–water partition coefficient (Wildman–Crippen LogP) is 2.50. The molecule has 0 unspecified atom stereocenters. The van der Waals surface area contributed by atoms with Gasteiger partial charge in [0.2, 0.25) is 0 Å². The van der Waals surface area contributed by atoms with Crippen molar-refractivity contribution in [1.29, 1.82) is 0 Å². The van der Waals surface area contributed by atoms with Crippen LogP contribution in [0.5, 0.6) is 0 Å². The molecule has 1 aromatic heterocycles. The molecule has 7 heteroatoms. The van der Waals surface area contributed by atoms with E-state index in [0.29, 0.717) is 26.1 Å². The van der Waals surface area contributed by atoms with Crippen LogP contribution < -0.4 is 5.32 Å². The minimum atomic E-state index is -4.14. The van der Waals surface area contributed by atoms with Crippen molar-refractivity contribution < 1.29 is 22.3 Å². The number of furan rings is 1. The van der Waals surface area contributed by atoms with Crippen molar-refractivity contribution in [2.24, 2.45) is 0 Å². The Bertz CT molecular complexity index is 448. The van der Waals surface area contributed by atoms with E-state index < -0.39 is 12.7 Å². The summed E-state index contributed by atoms with van der Waals surface area (Å²) in [6, 6.07) is 3.61. The van der Waals surface area contributed by atoms with Crippen LogP contribution in [0.25, 0.3) is 0 Å². The summed E-state index contributed by atoms with van der Waals surface area (Å²) < 4.78 is 47.9. The third-order valence-electron chi connectivity index (χ3n) is 3.55. The van der Waals surface area contributed by atoms with E-state index in [9.17, 15) is 13.2 Å². The summed E-state index contributed by atoms with van der Waals surface area (Å²) in [5, 5.41) is 3.33. The Morgan fingerprint density at radius 3 is 2.81 bits per heavy atom. The average Bonchev–Trinajstić information content (AvgIpc) is 2.96. The predicted molar refractivity (Wildman–Crippen MR) is 72.1 cm³/mol. The molecular formula is C14H21F3N2O2. The van der Waals surface area contributed by atoms with Crippen molar-refractivity contribution in [1.82, 2.24) is 10.2 Å². The highest BCUT2D eigenvalue weighted by Gasteiger charge is 2.35. The quantitative estimate of drug-likeness (QED) is 0.876. The Labute approximate surface area is 122 Å². The van der Waals surface area contributed by atoms with Crippen molar-refractivity contribution >= 4 is 0 Å². The van der Waals surface area contributed by atoms with Crippen LogP contribution in [0, 0.1) is 6.92 Å². The molecule has 0 radical (unpaired) electrons. The number of hydrogen-bond acceptors (Lipinski definition) is 4. The van der Waals surface area contributed by atoms with Gasteiger partial charge in [0, 0.05) is 26.2 Å². The van der Waals surface area contributed by atoms with E-state index >= 15 is 0 Å². The maximum absolute atomic E-state index is 12.4. The van der Waals surface area contributed by atoms with E-state index in [0.717, 1.165) is 11.5 Å². The molecule has 21 heavy (non-hydrogen) atoms. The largest absolute Gasteiger partial charge is 0.465 e. The first-order chi connectivity index (χ1) is 9.87. The molecule has 1 aromatic rings. The average molecular weight is 306 g/mol. The van der Waals surface area contributed by atoms with Gasteiger partial charge in [-0.1, -0.05) is 0 Å². The second-order valence-corrected chi connectivity index (χ2v) is 5.46. The van der Waals surface area contributed by atoms with Crippen LogP contribution in [0.4, 0.5) is 13.2 Å². The second kappa shape index (κ2) is 6.81. The second-order valence-electron chi connectivity index (χ2n) is 5.46. The third kappa shape index (κ3) is 5.01.